The van der Waals surface area contributed by atoms with Crippen LogP contribution in [0.2, 0.25) is 0 Å². The molecule has 0 radical (unpaired) electrons. The van der Waals surface area contributed by atoms with Crippen LogP contribution in [0.25, 0.3) is 0 Å². The number of amides is 1. The molecule has 0 aliphatic carbocycles. The lowest BCUT2D eigenvalue weighted by molar-refractivity contribution is -0.870. The summed E-state index contributed by atoms with van der Waals surface area (Å²) in [5.41, 5.74) is 0. The fraction of sp³-hybridized carbons (Fsp3) is 0.806. The van der Waals surface area contributed by atoms with Crippen LogP contribution in [0, 0.1) is 0 Å². The Kier molecular flexibility index (Phi) is 28.1. The summed E-state index contributed by atoms with van der Waals surface area (Å²) in [6.45, 7) is 4.69. The zero-order valence-electron chi connectivity index (χ0n) is 29.6. The molecule has 0 bridgehead atoms. The van der Waals surface area contributed by atoms with Crippen molar-refractivity contribution in [1.29, 1.82) is 0 Å². The van der Waals surface area contributed by atoms with Crippen molar-refractivity contribution >= 4 is 13.7 Å². The Morgan fingerprint density at radius 3 is 1.82 bits per heavy atom. The summed E-state index contributed by atoms with van der Waals surface area (Å²) in [6, 6.07) is -0.862. The lowest BCUT2D eigenvalue weighted by Gasteiger charge is -2.25. The van der Waals surface area contributed by atoms with Gasteiger partial charge in [0.25, 0.3) is 0 Å². The zero-order chi connectivity index (χ0) is 33.7. The fourth-order valence-electron chi connectivity index (χ4n) is 4.64. The lowest BCUT2D eigenvalue weighted by atomic mass is 10.1. The summed E-state index contributed by atoms with van der Waals surface area (Å²) in [6.07, 6.45) is 32.2. The number of rotatable bonds is 31. The molecule has 0 fully saturated rings. The number of aliphatic hydroxyl groups is 1. The van der Waals surface area contributed by atoms with E-state index in [1.165, 1.54) is 64.2 Å². The first-order valence-electron chi connectivity index (χ1n) is 17.9. The quantitative estimate of drug-likeness (QED) is 0.0298. The summed E-state index contributed by atoms with van der Waals surface area (Å²) in [7, 11) is 1.54. The third kappa shape index (κ3) is 31.1. The van der Waals surface area contributed by atoms with Gasteiger partial charge in [0, 0.05) is 6.42 Å². The van der Waals surface area contributed by atoms with Crippen molar-refractivity contribution in [3.05, 3.63) is 36.5 Å². The number of nitrogens with one attached hydrogen (secondary N) is 1. The van der Waals surface area contributed by atoms with Gasteiger partial charge in [0.2, 0.25) is 5.91 Å². The van der Waals surface area contributed by atoms with Gasteiger partial charge in [0.05, 0.1) is 39.9 Å². The minimum Gasteiger partial charge on any atom is -0.387 e. The molecule has 3 atom stereocenters. The number of unbranched alkanes of at least 4 members (excludes halogenated alkanes) is 14. The van der Waals surface area contributed by atoms with Crippen molar-refractivity contribution in [3.8, 4) is 0 Å². The van der Waals surface area contributed by atoms with Crippen molar-refractivity contribution in [2.24, 2.45) is 0 Å². The topological polar surface area (TPSA) is 105 Å². The monoisotopic (exact) mass is 657 g/mol. The summed E-state index contributed by atoms with van der Waals surface area (Å²) in [4.78, 5) is 22.9. The predicted molar refractivity (Wildman–Crippen MR) is 189 cm³/mol. The van der Waals surface area contributed by atoms with E-state index in [4.69, 9.17) is 9.05 Å². The molecule has 9 heteroatoms. The molecule has 0 aromatic heterocycles. The lowest BCUT2D eigenvalue weighted by Crippen LogP contribution is -2.45. The number of carbonyl (C=O) groups excluding carboxylic acids is 1. The van der Waals surface area contributed by atoms with Gasteiger partial charge in [-0.1, -0.05) is 108 Å². The normalized spacial score (nSPS) is 15.3. The van der Waals surface area contributed by atoms with Gasteiger partial charge in [-0.05, 0) is 57.8 Å². The Morgan fingerprint density at radius 2 is 1.22 bits per heavy atom. The van der Waals surface area contributed by atoms with Gasteiger partial charge in [-0.15, -0.1) is 0 Å². The largest absolute Gasteiger partial charge is 0.472 e. The minimum atomic E-state index is -4.33. The number of phosphoric ester groups is 1. The molecule has 3 N–H and O–H groups in total. The van der Waals surface area contributed by atoms with Gasteiger partial charge >= 0.3 is 7.82 Å². The average molecular weight is 658 g/mol. The molecule has 0 aromatic carbocycles. The molecule has 8 nitrogen and oxygen atoms in total. The van der Waals surface area contributed by atoms with E-state index in [1.54, 1.807) is 6.08 Å². The average Bonchev–Trinajstić information content (AvgIpc) is 2.97. The van der Waals surface area contributed by atoms with E-state index in [0.29, 0.717) is 17.4 Å². The SMILES string of the molecule is CCCCC/C=C/CC/C=C/[C@@H](O)[C@H](COP(=O)(O)OCC[N+](C)(C)C)NC(=O)CCCCCCC/C=C/CCCCCCC. The number of quaternary nitrogens is 1. The van der Waals surface area contributed by atoms with E-state index in [2.05, 4.69) is 43.5 Å². The highest BCUT2D eigenvalue weighted by molar-refractivity contribution is 7.47. The van der Waals surface area contributed by atoms with Crippen LogP contribution < -0.4 is 5.32 Å². The van der Waals surface area contributed by atoms with Crippen LogP contribution in [-0.2, 0) is 18.4 Å². The molecule has 0 aromatic rings. The second kappa shape index (κ2) is 28.9. The number of hydrogen-bond donors (Lipinski definition) is 3. The van der Waals surface area contributed by atoms with Gasteiger partial charge in [-0.25, -0.2) is 4.57 Å². The van der Waals surface area contributed by atoms with E-state index in [1.807, 2.05) is 27.2 Å². The molecule has 45 heavy (non-hydrogen) atoms. The van der Waals surface area contributed by atoms with Crippen LogP contribution in [0.1, 0.15) is 136 Å². The number of allylic oxidation sites excluding steroid dienone is 5. The number of likely N-dealkylation sites (N-methyl/N-ethyl adjacent to an activating group) is 1. The maximum atomic E-state index is 12.7. The summed E-state index contributed by atoms with van der Waals surface area (Å²) in [5, 5.41) is 13.6. The van der Waals surface area contributed by atoms with Gasteiger partial charge < -0.3 is 19.8 Å². The van der Waals surface area contributed by atoms with Crippen LogP contribution >= 0.6 is 7.82 Å². The molecule has 0 aliphatic heterocycles. The van der Waals surface area contributed by atoms with E-state index >= 15 is 0 Å². The fourth-order valence-corrected chi connectivity index (χ4v) is 5.37. The van der Waals surface area contributed by atoms with Crippen LogP contribution in [0.15, 0.2) is 36.5 Å². The van der Waals surface area contributed by atoms with E-state index in [-0.39, 0.29) is 19.1 Å². The minimum absolute atomic E-state index is 0.0537. The Hall–Kier alpha value is -1.28. The third-order valence-corrected chi connectivity index (χ3v) is 8.57. The zero-order valence-corrected chi connectivity index (χ0v) is 30.5. The molecule has 0 saturated heterocycles. The second-order valence-corrected chi connectivity index (χ2v) is 14.7. The number of phosphoric acid groups is 1. The molecule has 0 saturated carbocycles. The highest BCUT2D eigenvalue weighted by Crippen LogP contribution is 2.43. The number of nitrogens with zero attached hydrogens (tertiary/aromatic N) is 1. The number of carbonyl (C=O) groups is 1. The van der Waals surface area contributed by atoms with Crippen molar-refractivity contribution < 1.29 is 32.9 Å². The first kappa shape index (κ1) is 43.7. The predicted octanol–water partition coefficient (Wildman–Crippen LogP) is 8.79. The van der Waals surface area contributed by atoms with Gasteiger partial charge in [-0.3, -0.25) is 13.8 Å². The first-order valence-corrected chi connectivity index (χ1v) is 19.4. The molecule has 264 valence electrons. The molecular formula is C36H70N2O6P+. The Morgan fingerprint density at radius 1 is 0.733 bits per heavy atom. The van der Waals surface area contributed by atoms with Crippen molar-refractivity contribution in [3.63, 3.8) is 0 Å². The molecule has 0 spiro atoms. The highest BCUT2D eigenvalue weighted by atomic mass is 31.2. The molecule has 0 rings (SSSR count). The maximum absolute atomic E-state index is 12.7. The van der Waals surface area contributed by atoms with Gasteiger partial charge in [-0.2, -0.15) is 0 Å². The molecule has 0 aliphatic rings. The third-order valence-electron chi connectivity index (χ3n) is 7.58. The Balaban J connectivity index is 4.59. The number of hydrogen-bond acceptors (Lipinski definition) is 5. The van der Waals surface area contributed by atoms with Gasteiger partial charge in [0.1, 0.15) is 13.2 Å². The van der Waals surface area contributed by atoms with Crippen molar-refractivity contribution in [2.45, 2.75) is 148 Å². The second-order valence-electron chi connectivity index (χ2n) is 13.2. The van der Waals surface area contributed by atoms with E-state index in [0.717, 1.165) is 51.4 Å². The molecule has 1 unspecified atom stereocenters. The maximum Gasteiger partial charge on any atom is 0.472 e. The van der Waals surface area contributed by atoms with E-state index in [9.17, 15) is 19.4 Å². The molecule has 1 amide bonds. The Labute approximate surface area is 276 Å². The summed E-state index contributed by atoms with van der Waals surface area (Å²) in [5.74, 6) is -0.202. The van der Waals surface area contributed by atoms with Crippen LogP contribution in [0.4, 0.5) is 0 Å². The van der Waals surface area contributed by atoms with E-state index < -0.39 is 20.0 Å². The standard InChI is InChI=1S/C36H69N2O6P/c1-6-8-10-12-14-16-17-18-19-20-22-24-26-28-30-36(40)37-34(33-44-45(41,42)43-32-31-38(3,4)5)35(39)29-27-25-23-21-15-13-11-9-7-2/h15,17-18,21,27,29,34-35,39H,6-14,16,19-20,22-26,28,30-33H2,1-5H3,(H-,37,40,41,42)/p+1/b18-17+,21-15+,29-27+/t34-,35+/m0/s1. The van der Waals surface area contributed by atoms with Crippen LogP contribution in [-0.4, -0.2) is 73.4 Å². The Bertz CT molecular complexity index is 840. The molecular weight excluding hydrogens is 587 g/mol. The summed E-state index contributed by atoms with van der Waals surface area (Å²) < 4.78 is 23.3. The number of aliphatic hydroxyl groups excluding tert-OH is 1. The molecule has 0 heterocycles. The van der Waals surface area contributed by atoms with Crippen molar-refractivity contribution in [2.75, 3.05) is 40.9 Å². The van der Waals surface area contributed by atoms with Gasteiger partial charge in [0.15, 0.2) is 0 Å². The summed E-state index contributed by atoms with van der Waals surface area (Å²) >= 11 is 0. The van der Waals surface area contributed by atoms with Crippen LogP contribution in [0.5, 0.6) is 0 Å². The highest BCUT2D eigenvalue weighted by Gasteiger charge is 2.27. The first-order chi connectivity index (χ1) is 21.5. The van der Waals surface area contributed by atoms with Crippen molar-refractivity contribution in [1.82, 2.24) is 5.32 Å². The smallest absolute Gasteiger partial charge is 0.387 e. The van der Waals surface area contributed by atoms with Crippen LogP contribution in [0.3, 0.4) is 0 Å².